The molecule has 7 atom stereocenters. The minimum atomic E-state index is -4.59. The minimum Gasteiger partial charge on any atom is -0.493 e. The molecule has 1 saturated heterocycles. The zero-order chi connectivity index (χ0) is 28.1. The molecule has 2 aromatic carbocycles. The molecule has 2 amide bonds. The number of rotatable bonds is 4. The molecule has 0 radical (unpaired) electrons. The van der Waals surface area contributed by atoms with Crippen molar-refractivity contribution in [1.29, 1.82) is 0 Å². The molecule has 3 fully saturated rings. The van der Waals surface area contributed by atoms with Crippen LogP contribution < -0.4 is 19.2 Å². The summed E-state index contributed by atoms with van der Waals surface area (Å²) >= 11 is 2.70. The molecule has 4 aliphatic rings. The number of benzene rings is 2. The lowest BCUT2D eigenvalue weighted by Crippen LogP contribution is -2.42. The molecule has 12 heteroatoms. The first-order valence-electron chi connectivity index (χ1n) is 12.8. The fraction of sp³-hybridized carbons (Fsp3) is 0.393. The van der Waals surface area contributed by atoms with E-state index in [9.17, 15) is 27.6 Å². The third kappa shape index (κ3) is 3.54. The lowest BCUT2D eigenvalue weighted by molar-refractivity contribution is -0.137. The molecule has 3 aromatic rings. The van der Waals surface area contributed by atoms with Gasteiger partial charge in [0, 0.05) is 16.0 Å². The summed E-state index contributed by atoms with van der Waals surface area (Å²) in [4.78, 5) is 44.6. The van der Waals surface area contributed by atoms with Gasteiger partial charge in [0.05, 0.1) is 42.3 Å². The summed E-state index contributed by atoms with van der Waals surface area (Å²) in [7, 11) is 3.10. The summed E-state index contributed by atoms with van der Waals surface area (Å²) in [5, 5.41) is 0.729. The first-order chi connectivity index (χ1) is 19.1. The van der Waals surface area contributed by atoms with Crippen molar-refractivity contribution in [3.63, 3.8) is 0 Å². The Morgan fingerprint density at radius 1 is 0.950 bits per heavy atom. The number of fused-ring (bicyclic) bond motifs is 9. The van der Waals surface area contributed by atoms with E-state index in [1.807, 2.05) is 18.2 Å². The predicted octanol–water partition coefficient (Wildman–Crippen LogP) is 5.15. The molecule has 2 aliphatic carbocycles. The molecule has 0 spiro atoms. The van der Waals surface area contributed by atoms with Gasteiger partial charge in [0.15, 0.2) is 11.5 Å². The molecule has 3 heterocycles. The molecular weight excluding hydrogens is 565 g/mol. The fourth-order valence-corrected chi connectivity index (χ4v) is 10.4. The smallest absolute Gasteiger partial charge is 0.416 e. The Morgan fingerprint density at radius 3 is 2.38 bits per heavy atom. The number of alkyl halides is 3. The number of carbonyl (C=O) groups is 2. The first-order valence-corrected chi connectivity index (χ1v) is 14.5. The Kier molecular flexibility index (Phi) is 5.70. The molecule has 2 saturated carbocycles. The Balaban J connectivity index is 1.30. The summed E-state index contributed by atoms with van der Waals surface area (Å²) in [6.45, 7) is 0. The van der Waals surface area contributed by atoms with Crippen LogP contribution in [0.2, 0.25) is 0 Å². The second kappa shape index (κ2) is 8.87. The van der Waals surface area contributed by atoms with Crippen molar-refractivity contribution in [1.82, 2.24) is 4.98 Å². The number of nitrogens with zero attached hydrogens (tertiary/aromatic N) is 1. The second-order valence-electron chi connectivity index (χ2n) is 10.6. The van der Waals surface area contributed by atoms with Crippen molar-refractivity contribution >= 4 is 40.6 Å². The maximum absolute atomic E-state index is 13.8. The summed E-state index contributed by atoms with van der Waals surface area (Å²) in [6.07, 6.45) is -3.92. The molecule has 2 bridgehead atoms. The molecule has 208 valence electrons. The van der Waals surface area contributed by atoms with E-state index in [-0.39, 0.29) is 39.5 Å². The van der Waals surface area contributed by atoms with Crippen LogP contribution in [-0.4, -0.2) is 36.3 Å². The van der Waals surface area contributed by atoms with E-state index in [4.69, 9.17) is 9.47 Å². The van der Waals surface area contributed by atoms with Gasteiger partial charge in [0.2, 0.25) is 11.8 Å². The zero-order valence-electron chi connectivity index (χ0n) is 21.2. The second-order valence-corrected chi connectivity index (χ2v) is 12.8. The number of ether oxygens (including phenoxy) is 2. The number of halogens is 3. The normalized spacial score (nSPS) is 30.3. The van der Waals surface area contributed by atoms with E-state index in [2.05, 4.69) is 4.98 Å². The maximum atomic E-state index is 13.8. The molecule has 2 aliphatic heterocycles. The number of aromatic nitrogens is 1. The fourth-order valence-electron chi connectivity index (χ4n) is 7.51. The maximum Gasteiger partial charge on any atom is 0.416 e. The van der Waals surface area contributed by atoms with Gasteiger partial charge in [0.25, 0.3) is 0 Å². The number of thioether (sulfide) groups is 1. The molecule has 1 N–H and O–H groups in total. The van der Waals surface area contributed by atoms with E-state index in [1.165, 1.54) is 12.1 Å². The third-order valence-corrected chi connectivity index (χ3v) is 11.5. The van der Waals surface area contributed by atoms with Gasteiger partial charge in [-0.05, 0) is 60.1 Å². The van der Waals surface area contributed by atoms with Gasteiger partial charge in [-0.3, -0.25) is 19.3 Å². The first kappa shape index (κ1) is 25.7. The lowest BCUT2D eigenvalue weighted by atomic mass is 9.68. The molecule has 1 aromatic heterocycles. The highest BCUT2D eigenvalue weighted by Crippen LogP contribution is 2.68. The van der Waals surface area contributed by atoms with Gasteiger partial charge in [-0.15, -0.1) is 11.8 Å². The van der Waals surface area contributed by atoms with Crippen LogP contribution in [0.25, 0.3) is 0 Å². The highest BCUT2D eigenvalue weighted by molar-refractivity contribution is 8.00. The van der Waals surface area contributed by atoms with Gasteiger partial charge < -0.3 is 14.5 Å². The quantitative estimate of drug-likeness (QED) is 0.424. The zero-order valence-corrected chi connectivity index (χ0v) is 22.9. The summed E-state index contributed by atoms with van der Waals surface area (Å²) in [5.41, 5.74) is -0.0362. The van der Waals surface area contributed by atoms with Gasteiger partial charge >= 0.3 is 11.0 Å². The molecular formula is C28H23F3N2O5S2. The van der Waals surface area contributed by atoms with Crippen LogP contribution in [0.5, 0.6) is 11.5 Å². The number of anilines is 1. The highest BCUT2D eigenvalue weighted by Gasteiger charge is 2.69. The van der Waals surface area contributed by atoms with Crippen molar-refractivity contribution < 1.29 is 32.2 Å². The number of H-pyrrole nitrogens is 1. The number of hydrogen-bond acceptors (Lipinski definition) is 7. The van der Waals surface area contributed by atoms with E-state index in [0.29, 0.717) is 17.9 Å². The Hall–Kier alpha value is -3.25. The van der Waals surface area contributed by atoms with Gasteiger partial charge in [-0.1, -0.05) is 23.5 Å². The Labute approximate surface area is 234 Å². The van der Waals surface area contributed by atoms with Crippen LogP contribution in [0.3, 0.4) is 0 Å². The minimum absolute atomic E-state index is 0.0414. The van der Waals surface area contributed by atoms with Crippen LogP contribution in [0, 0.1) is 29.6 Å². The number of nitrogens with one attached hydrogen (secondary N) is 1. The van der Waals surface area contributed by atoms with Crippen molar-refractivity contribution in [3.05, 3.63) is 68.1 Å². The van der Waals surface area contributed by atoms with Crippen molar-refractivity contribution in [3.8, 4) is 11.5 Å². The highest BCUT2D eigenvalue weighted by atomic mass is 32.2. The standard InChI is InChI=1S/C28H23F3N2O5S2/c1-37-16-7-6-11(8-17(16)38-2)18-19-14-10-15(22(19)39-24-23(18)40-27(36)32-24)21-20(14)25(34)33(26(21)35)13-5-3-4-12(9-13)28(29,30)31/h3-9,14-15,18-22H,10H2,1-2H3,(H,32,36)/t14-,15-,18?,19?,20?,21?,22?/m1/s1. The van der Waals surface area contributed by atoms with Gasteiger partial charge in [-0.25, -0.2) is 0 Å². The Bertz CT molecular complexity index is 1620. The van der Waals surface area contributed by atoms with E-state index < -0.39 is 35.4 Å². The van der Waals surface area contributed by atoms with Crippen LogP contribution in [0.15, 0.2) is 52.3 Å². The van der Waals surface area contributed by atoms with Crippen molar-refractivity contribution in [2.45, 2.75) is 28.8 Å². The summed E-state index contributed by atoms with van der Waals surface area (Å²) < 4.78 is 51.2. The number of hydrogen-bond donors (Lipinski definition) is 1. The average molecular weight is 589 g/mol. The van der Waals surface area contributed by atoms with E-state index in [1.54, 1.807) is 26.0 Å². The third-order valence-electron chi connectivity index (χ3n) is 8.92. The van der Waals surface area contributed by atoms with Crippen LogP contribution >= 0.6 is 23.1 Å². The molecule has 40 heavy (non-hydrogen) atoms. The number of thiazole rings is 1. The summed E-state index contributed by atoms with van der Waals surface area (Å²) in [5.74, 6) is -1.55. The van der Waals surface area contributed by atoms with Crippen LogP contribution in [-0.2, 0) is 15.8 Å². The average Bonchev–Trinajstić information content (AvgIpc) is 3.66. The number of methoxy groups -OCH3 is 2. The van der Waals surface area contributed by atoms with Crippen molar-refractivity contribution in [2.75, 3.05) is 19.1 Å². The van der Waals surface area contributed by atoms with Gasteiger partial charge in [-0.2, -0.15) is 13.2 Å². The number of aromatic amines is 1. The number of amides is 2. The molecule has 7 rings (SSSR count). The van der Waals surface area contributed by atoms with E-state index in [0.717, 1.165) is 43.8 Å². The predicted molar refractivity (Wildman–Crippen MR) is 142 cm³/mol. The molecule has 5 unspecified atom stereocenters. The lowest BCUT2D eigenvalue weighted by Gasteiger charge is -2.43. The summed E-state index contributed by atoms with van der Waals surface area (Å²) in [6, 6.07) is 10.0. The van der Waals surface area contributed by atoms with Crippen LogP contribution in [0.1, 0.15) is 28.3 Å². The number of imide groups is 1. The largest absolute Gasteiger partial charge is 0.493 e. The van der Waals surface area contributed by atoms with Crippen LogP contribution in [0.4, 0.5) is 18.9 Å². The van der Waals surface area contributed by atoms with E-state index >= 15 is 0 Å². The topological polar surface area (TPSA) is 88.7 Å². The number of carbonyl (C=O) groups excluding carboxylic acids is 2. The van der Waals surface area contributed by atoms with Gasteiger partial charge in [0.1, 0.15) is 0 Å². The Morgan fingerprint density at radius 2 is 1.68 bits per heavy atom. The molecule has 7 nitrogen and oxygen atoms in total. The van der Waals surface area contributed by atoms with Crippen molar-refractivity contribution in [2.24, 2.45) is 29.6 Å². The monoisotopic (exact) mass is 588 g/mol. The SMILES string of the molecule is COc1ccc(C2c3sc(=O)[nH]c3SC3C2[C@H]2C[C@@H]3C3C(=O)N(c4cccc(C(F)(F)F)c4)C(=O)C32)cc1OC.